The van der Waals surface area contributed by atoms with Gasteiger partial charge in [-0.1, -0.05) is 0 Å². The Morgan fingerprint density at radius 3 is 2.13 bits per heavy atom. The zero-order chi connectivity index (χ0) is 11.8. The second-order valence-corrected chi connectivity index (χ2v) is 2.78. The summed E-state index contributed by atoms with van der Waals surface area (Å²) in [5.41, 5.74) is -3.87. The summed E-state index contributed by atoms with van der Waals surface area (Å²) in [6.45, 7) is 0.968. The van der Waals surface area contributed by atoms with Crippen LogP contribution in [0.25, 0.3) is 0 Å². The van der Waals surface area contributed by atoms with Gasteiger partial charge in [-0.05, 0) is 6.92 Å². The van der Waals surface area contributed by atoms with Crippen LogP contribution in [0.2, 0.25) is 0 Å². The lowest BCUT2D eigenvalue weighted by molar-refractivity contribution is -0.142. The highest BCUT2D eigenvalue weighted by molar-refractivity contribution is 5.34. The van der Waals surface area contributed by atoms with Crippen LogP contribution in [-0.4, -0.2) is 4.98 Å². The predicted molar refractivity (Wildman–Crippen MR) is 38.9 cm³/mol. The van der Waals surface area contributed by atoms with Gasteiger partial charge in [-0.25, -0.2) is 13.2 Å². The second kappa shape index (κ2) is 3.71. The number of halogens is 6. The van der Waals surface area contributed by atoms with Gasteiger partial charge in [-0.2, -0.15) is 13.2 Å². The Hall–Kier alpha value is -1.27. The van der Waals surface area contributed by atoms with E-state index in [4.69, 9.17) is 0 Å². The summed E-state index contributed by atoms with van der Waals surface area (Å²) in [7, 11) is 0. The van der Waals surface area contributed by atoms with Crippen molar-refractivity contribution < 1.29 is 26.3 Å². The topological polar surface area (TPSA) is 12.9 Å². The van der Waals surface area contributed by atoms with Crippen LogP contribution in [0.15, 0.2) is 6.20 Å². The zero-order valence-electron chi connectivity index (χ0n) is 7.37. The highest BCUT2D eigenvalue weighted by Gasteiger charge is 2.40. The Bertz CT molecular complexity index is 370. The molecular weight excluding hydrogens is 224 g/mol. The van der Waals surface area contributed by atoms with Crippen LogP contribution in [0.4, 0.5) is 26.3 Å². The minimum Gasteiger partial charge on any atom is -0.258 e. The van der Waals surface area contributed by atoms with Crippen LogP contribution in [0.1, 0.15) is 23.2 Å². The molecule has 7 heteroatoms. The van der Waals surface area contributed by atoms with E-state index in [0.29, 0.717) is 0 Å². The quantitative estimate of drug-likeness (QED) is 0.671. The lowest BCUT2D eigenvalue weighted by Crippen LogP contribution is -2.15. The van der Waals surface area contributed by atoms with E-state index in [1.807, 2.05) is 0 Å². The van der Waals surface area contributed by atoms with Crippen molar-refractivity contribution in [2.24, 2.45) is 0 Å². The van der Waals surface area contributed by atoms with E-state index in [0.717, 1.165) is 6.92 Å². The third-order valence-electron chi connectivity index (χ3n) is 1.77. The normalized spacial score (nSPS) is 12.3. The smallest absolute Gasteiger partial charge is 0.258 e. The maximum Gasteiger partial charge on any atom is 0.419 e. The number of hydrogen-bond acceptors (Lipinski definition) is 1. The lowest BCUT2D eigenvalue weighted by atomic mass is 10.1. The molecule has 0 bridgehead atoms. The standard InChI is InChI=1S/C8H5F6N/c1-3-5(7(10)11)6(8(12,13)14)4(9)2-15-3/h2,7H,1H3. The van der Waals surface area contributed by atoms with E-state index in [2.05, 4.69) is 4.98 Å². The molecule has 0 spiro atoms. The molecule has 0 unspecified atom stereocenters. The largest absolute Gasteiger partial charge is 0.419 e. The third kappa shape index (κ3) is 2.21. The SMILES string of the molecule is Cc1ncc(F)c(C(F)(F)F)c1C(F)F. The van der Waals surface area contributed by atoms with E-state index in [1.54, 1.807) is 0 Å². The molecule has 1 nitrogen and oxygen atoms in total. The van der Waals surface area contributed by atoms with Crippen LogP contribution in [-0.2, 0) is 6.18 Å². The van der Waals surface area contributed by atoms with Gasteiger partial charge in [0.2, 0.25) is 0 Å². The van der Waals surface area contributed by atoms with Gasteiger partial charge in [0, 0.05) is 5.69 Å². The van der Waals surface area contributed by atoms with E-state index < -0.39 is 35.2 Å². The van der Waals surface area contributed by atoms with Crippen LogP contribution in [0, 0.1) is 12.7 Å². The number of aryl methyl sites for hydroxylation is 1. The van der Waals surface area contributed by atoms with Gasteiger partial charge < -0.3 is 0 Å². The number of nitrogens with zero attached hydrogens (tertiary/aromatic N) is 1. The Balaban J connectivity index is 3.53. The molecule has 0 N–H and O–H groups in total. The van der Waals surface area contributed by atoms with E-state index in [-0.39, 0.29) is 6.20 Å². The van der Waals surface area contributed by atoms with Crippen molar-refractivity contribution in [1.82, 2.24) is 4.98 Å². The highest BCUT2D eigenvalue weighted by Crippen LogP contribution is 2.38. The molecule has 15 heavy (non-hydrogen) atoms. The van der Waals surface area contributed by atoms with Gasteiger partial charge in [0.15, 0.2) is 5.82 Å². The molecule has 0 atom stereocenters. The van der Waals surface area contributed by atoms with E-state index in [1.165, 1.54) is 0 Å². The van der Waals surface area contributed by atoms with Crippen LogP contribution in [0.5, 0.6) is 0 Å². The summed E-state index contributed by atoms with van der Waals surface area (Å²) < 4.78 is 74.1. The molecule has 1 aromatic heterocycles. The zero-order valence-corrected chi connectivity index (χ0v) is 7.37. The average Bonchev–Trinajstić information content (AvgIpc) is 2.05. The number of alkyl halides is 5. The maximum atomic E-state index is 12.8. The minimum absolute atomic E-state index is 0.282. The molecule has 0 aliphatic heterocycles. The lowest BCUT2D eigenvalue weighted by Gasteiger charge is -2.14. The van der Waals surface area contributed by atoms with Crippen molar-refractivity contribution in [2.45, 2.75) is 19.5 Å². The van der Waals surface area contributed by atoms with Crippen molar-refractivity contribution in [3.05, 3.63) is 28.8 Å². The fourth-order valence-corrected chi connectivity index (χ4v) is 1.15. The van der Waals surface area contributed by atoms with Crippen LogP contribution in [0.3, 0.4) is 0 Å². The van der Waals surface area contributed by atoms with Gasteiger partial charge in [-0.15, -0.1) is 0 Å². The van der Waals surface area contributed by atoms with Crippen molar-refractivity contribution >= 4 is 0 Å². The van der Waals surface area contributed by atoms with Gasteiger partial charge in [0.25, 0.3) is 6.43 Å². The van der Waals surface area contributed by atoms with Crippen molar-refractivity contribution in [3.63, 3.8) is 0 Å². The van der Waals surface area contributed by atoms with Crippen LogP contribution >= 0.6 is 0 Å². The molecule has 0 aliphatic carbocycles. The van der Waals surface area contributed by atoms with Crippen molar-refractivity contribution in [3.8, 4) is 0 Å². The summed E-state index contributed by atoms with van der Waals surface area (Å²) in [6.07, 6.45) is -8.28. The molecule has 0 saturated heterocycles. The monoisotopic (exact) mass is 229 g/mol. The van der Waals surface area contributed by atoms with Gasteiger partial charge in [0.05, 0.1) is 11.8 Å². The van der Waals surface area contributed by atoms with Crippen molar-refractivity contribution in [1.29, 1.82) is 0 Å². The molecule has 0 saturated carbocycles. The summed E-state index contributed by atoms with van der Waals surface area (Å²) in [5.74, 6) is -1.79. The molecule has 0 aliphatic rings. The average molecular weight is 229 g/mol. The Morgan fingerprint density at radius 1 is 1.27 bits per heavy atom. The first-order valence-corrected chi connectivity index (χ1v) is 3.75. The second-order valence-electron chi connectivity index (χ2n) is 2.78. The minimum atomic E-state index is -5.15. The summed E-state index contributed by atoms with van der Waals surface area (Å²) in [6, 6.07) is 0. The maximum absolute atomic E-state index is 12.8. The summed E-state index contributed by atoms with van der Waals surface area (Å²) in [5, 5.41) is 0. The van der Waals surface area contributed by atoms with Gasteiger partial charge >= 0.3 is 6.18 Å². The highest BCUT2D eigenvalue weighted by atomic mass is 19.4. The summed E-state index contributed by atoms with van der Waals surface area (Å²) in [4.78, 5) is 3.12. The first kappa shape index (κ1) is 11.8. The van der Waals surface area contributed by atoms with E-state index in [9.17, 15) is 26.3 Å². The molecule has 1 aromatic rings. The first-order chi connectivity index (χ1) is 6.75. The molecule has 0 amide bonds. The molecule has 1 rings (SSSR count). The summed E-state index contributed by atoms with van der Waals surface area (Å²) >= 11 is 0. The van der Waals surface area contributed by atoms with E-state index >= 15 is 0 Å². The predicted octanol–water partition coefficient (Wildman–Crippen LogP) is 3.49. The Labute approximate surface area is 80.7 Å². The molecule has 0 aromatic carbocycles. The molecular formula is C8H5F6N. The van der Waals surface area contributed by atoms with Crippen LogP contribution < -0.4 is 0 Å². The fourth-order valence-electron chi connectivity index (χ4n) is 1.15. The van der Waals surface area contributed by atoms with Gasteiger partial charge in [0.1, 0.15) is 5.56 Å². The third-order valence-corrected chi connectivity index (χ3v) is 1.77. The number of aromatic nitrogens is 1. The molecule has 0 fully saturated rings. The Kier molecular flexibility index (Phi) is 2.92. The van der Waals surface area contributed by atoms with Gasteiger partial charge in [-0.3, -0.25) is 4.98 Å². The number of rotatable bonds is 1. The molecule has 0 radical (unpaired) electrons. The first-order valence-electron chi connectivity index (χ1n) is 3.75. The molecule has 1 heterocycles. The van der Waals surface area contributed by atoms with Crippen molar-refractivity contribution in [2.75, 3.05) is 0 Å². The fraction of sp³-hybridized carbons (Fsp3) is 0.375. The number of pyridine rings is 1. The Morgan fingerprint density at radius 2 is 1.80 bits per heavy atom. The number of hydrogen-bond donors (Lipinski definition) is 0. The molecule has 84 valence electrons.